The molecule has 0 heterocycles. The second-order valence-corrected chi connectivity index (χ2v) is 4.97. The maximum atomic E-state index is 12.0. The summed E-state index contributed by atoms with van der Waals surface area (Å²) in [6.07, 6.45) is 3.27. The van der Waals surface area contributed by atoms with E-state index in [4.69, 9.17) is 15.7 Å². The zero-order valence-corrected chi connectivity index (χ0v) is 12.7. The first-order valence-corrected chi connectivity index (χ1v) is 7.22. The van der Waals surface area contributed by atoms with Gasteiger partial charge >= 0.3 is 0 Å². The molecule has 0 aliphatic heterocycles. The smallest absolute Gasteiger partial charge is 0.224 e. The van der Waals surface area contributed by atoms with Gasteiger partial charge in [0.1, 0.15) is 5.75 Å². The van der Waals surface area contributed by atoms with Gasteiger partial charge in [-0.1, -0.05) is 13.3 Å². The third kappa shape index (κ3) is 5.44. The van der Waals surface area contributed by atoms with Crippen LogP contribution in [0.5, 0.6) is 5.75 Å². The van der Waals surface area contributed by atoms with Crippen molar-refractivity contribution in [3.05, 3.63) is 23.8 Å². The van der Waals surface area contributed by atoms with Crippen molar-refractivity contribution in [2.24, 2.45) is 11.7 Å². The molecule has 0 spiro atoms. The first-order valence-electron chi connectivity index (χ1n) is 7.22. The van der Waals surface area contributed by atoms with Crippen LogP contribution in [0.25, 0.3) is 0 Å². The number of anilines is 1. The van der Waals surface area contributed by atoms with E-state index >= 15 is 0 Å². The fraction of sp³-hybridized carbons (Fsp3) is 0.500. The fourth-order valence-electron chi connectivity index (χ4n) is 2.20. The summed E-state index contributed by atoms with van der Waals surface area (Å²) >= 11 is 0. The molecular formula is C16H23N3O2. The van der Waals surface area contributed by atoms with E-state index in [0.29, 0.717) is 35.9 Å². The summed E-state index contributed by atoms with van der Waals surface area (Å²) in [6.45, 7) is 2.77. The van der Waals surface area contributed by atoms with Gasteiger partial charge in [-0.15, -0.1) is 0 Å². The van der Waals surface area contributed by atoms with Gasteiger partial charge in [0.2, 0.25) is 5.91 Å². The average Bonchev–Trinajstić information content (AvgIpc) is 2.51. The number of nitrogens with two attached hydrogens (primary N) is 1. The summed E-state index contributed by atoms with van der Waals surface area (Å²) in [7, 11) is 1.51. The SMILES string of the molecule is CCC(CCN)CCC(=O)Nc1ccc(C#N)cc1OC. The fourth-order valence-corrected chi connectivity index (χ4v) is 2.20. The molecule has 0 saturated heterocycles. The van der Waals surface area contributed by atoms with Gasteiger partial charge < -0.3 is 15.8 Å². The van der Waals surface area contributed by atoms with Crippen molar-refractivity contribution in [1.82, 2.24) is 0 Å². The normalized spacial score (nSPS) is 11.5. The molecule has 21 heavy (non-hydrogen) atoms. The van der Waals surface area contributed by atoms with Crippen LogP contribution in [-0.4, -0.2) is 19.6 Å². The number of benzene rings is 1. The highest BCUT2D eigenvalue weighted by atomic mass is 16.5. The molecule has 5 heteroatoms. The monoisotopic (exact) mass is 289 g/mol. The van der Waals surface area contributed by atoms with E-state index in [9.17, 15) is 4.79 Å². The lowest BCUT2D eigenvalue weighted by Crippen LogP contribution is -2.15. The van der Waals surface area contributed by atoms with Crippen LogP contribution < -0.4 is 15.8 Å². The lowest BCUT2D eigenvalue weighted by atomic mass is 9.96. The van der Waals surface area contributed by atoms with E-state index in [1.807, 2.05) is 6.07 Å². The second kappa shape index (κ2) is 8.98. The van der Waals surface area contributed by atoms with Crippen LogP contribution in [0.1, 0.15) is 38.2 Å². The minimum absolute atomic E-state index is 0.0477. The van der Waals surface area contributed by atoms with Gasteiger partial charge in [0.05, 0.1) is 24.4 Å². The number of hydrogen-bond acceptors (Lipinski definition) is 4. The molecule has 0 aromatic heterocycles. The highest BCUT2D eigenvalue weighted by Gasteiger charge is 2.11. The van der Waals surface area contributed by atoms with Crippen LogP contribution in [0.2, 0.25) is 0 Å². The van der Waals surface area contributed by atoms with Gasteiger partial charge in [-0.2, -0.15) is 5.26 Å². The number of hydrogen-bond donors (Lipinski definition) is 2. The van der Waals surface area contributed by atoms with Gasteiger partial charge in [0.25, 0.3) is 0 Å². The van der Waals surface area contributed by atoms with Crippen molar-refractivity contribution >= 4 is 11.6 Å². The summed E-state index contributed by atoms with van der Waals surface area (Å²) in [4.78, 5) is 12.0. The van der Waals surface area contributed by atoms with Crippen molar-refractivity contribution in [3.63, 3.8) is 0 Å². The zero-order valence-electron chi connectivity index (χ0n) is 12.7. The van der Waals surface area contributed by atoms with Crippen molar-refractivity contribution in [1.29, 1.82) is 5.26 Å². The van der Waals surface area contributed by atoms with Gasteiger partial charge in [-0.25, -0.2) is 0 Å². The number of amides is 1. The summed E-state index contributed by atoms with van der Waals surface area (Å²) in [6, 6.07) is 6.99. The third-order valence-electron chi connectivity index (χ3n) is 3.54. The van der Waals surface area contributed by atoms with Crippen molar-refractivity contribution < 1.29 is 9.53 Å². The number of carbonyl (C=O) groups excluding carboxylic acids is 1. The van der Waals surface area contributed by atoms with Crippen LogP contribution in [0.15, 0.2) is 18.2 Å². The van der Waals surface area contributed by atoms with Crippen molar-refractivity contribution in [2.75, 3.05) is 19.0 Å². The Hall–Kier alpha value is -2.06. The van der Waals surface area contributed by atoms with Crippen molar-refractivity contribution in [3.8, 4) is 11.8 Å². The number of carbonyl (C=O) groups is 1. The predicted octanol–water partition coefficient (Wildman–Crippen LogP) is 2.66. The van der Waals surface area contributed by atoms with Crippen molar-refractivity contribution in [2.45, 2.75) is 32.6 Å². The average molecular weight is 289 g/mol. The first kappa shape index (κ1) is 17.0. The molecule has 0 aliphatic carbocycles. The van der Waals surface area contributed by atoms with Gasteiger partial charge in [0, 0.05) is 12.5 Å². The molecule has 1 unspecified atom stereocenters. The summed E-state index contributed by atoms with van der Waals surface area (Å²) in [5.41, 5.74) is 6.65. The number of rotatable bonds is 8. The van der Waals surface area contributed by atoms with E-state index in [0.717, 1.165) is 19.3 Å². The molecule has 0 saturated carbocycles. The van der Waals surface area contributed by atoms with E-state index in [2.05, 4.69) is 12.2 Å². The Kier molecular flexibility index (Phi) is 7.27. The maximum absolute atomic E-state index is 12.0. The molecule has 1 atom stereocenters. The Morgan fingerprint density at radius 3 is 2.81 bits per heavy atom. The van der Waals surface area contributed by atoms with Crippen LogP contribution in [0, 0.1) is 17.2 Å². The number of nitrogens with one attached hydrogen (secondary N) is 1. The molecule has 0 fully saturated rings. The summed E-state index contributed by atoms with van der Waals surface area (Å²) in [5.74, 6) is 0.938. The maximum Gasteiger partial charge on any atom is 0.224 e. The Labute approximate surface area is 126 Å². The number of nitriles is 1. The van der Waals surface area contributed by atoms with Gasteiger partial charge in [-0.05, 0) is 37.4 Å². The molecule has 1 rings (SSSR count). The van der Waals surface area contributed by atoms with Crippen LogP contribution >= 0.6 is 0 Å². The summed E-state index contributed by atoms with van der Waals surface area (Å²) < 4.78 is 5.19. The topological polar surface area (TPSA) is 88.1 Å². The Balaban J connectivity index is 2.60. The highest BCUT2D eigenvalue weighted by Crippen LogP contribution is 2.26. The lowest BCUT2D eigenvalue weighted by molar-refractivity contribution is -0.116. The quantitative estimate of drug-likeness (QED) is 0.770. The molecule has 1 aromatic rings. The number of nitrogens with zero attached hydrogens (tertiary/aromatic N) is 1. The first-order chi connectivity index (χ1) is 10.1. The molecule has 0 radical (unpaired) electrons. The molecule has 5 nitrogen and oxygen atoms in total. The van der Waals surface area contributed by atoms with Crippen LogP contribution in [0.4, 0.5) is 5.69 Å². The van der Waals surface area contributed by atoms with Gasteiger partial charge in [-0.3, -0.25) is 4.79 Å². The molecule has 0 bridgehead atoms. The van der Waals surface area contributed by atoms with E-state index in [-0.39, 0.29) is 5.91 Å². The van der Waals surface area contributed by atoms with Crippen LogP contribution in [0.3, 0.4) is 0 Å². The standard InChI is InChI=1S/C16H23N3O2/c1-3-12(8-9-17)5-7-16(20)19-14-6-4-13(11-18)10-15(14)21-2/h4,6,10,12H,3,5,7-9,17H2,1-2H3,(H,19,20). The third-order valence-corrected chi connectivity index (χ3v) is 3.54. The molecule has 3 N–H and O–H groups in total. The van der Waals surface area contributed by atoms with Crippen LogP contribution in [-0.2, 0) is 4.79 Å². The largest absolute Gasteiger partial charge is 0.495 e. The second-order valence-electron chi connectivity index (χ2n) is 4.97. The Morgan fingerprint density at radius 2 is 2.24 bits per heavy atom. The van der Waals surface area contributed by atoms with E-state index in [1.54, 1.807) is 18.2 Å². The molecule has 0 aliphatic rings. The van der Waals surface area contributed by atoms with E-state index < -0.39 is 0 Å². The summed E-state index contributed by atoms with van der Waals surface area (Å²) in [5, 5.41) is 11.7. The minimum Gasteiger partial charge on any atom is -0.495 e. The Morgan fingerprint density at radius 1 is 1.48 bits per heavy atom. The van der Waals surface area contributed by atoms with E-state index in [1.165, 1.54) is 7.11 Å². The molecule has 1 amide bonds. The zero-order chi connectivity index (χ0) is 15.7. The lowest BCUT2D eigenvalue weighted by Gasteiger charge is -2.14. The molecule has 1 aromatic carbocycles. The molecular weight excluding hydrogens is 266 g/mol. The Bertz CT molecular complexity index is 509. The van der Waals surface area contributed by atoms with Gasteiger partial charge in [0.15, 0.2) is 0 Å². The number of ether oxygens (including phenoxy) is 1. The predicted molar refractivity (Wildman–Crippen MR) is 83.0 cm³/mol. The minimum atomic E-state index is -0.0477. The highest BCUT2D eigenvalue weighted by molar-refractivity contribution is 5.92. The number of methoxy groups -OCH3 is 1. The molecule has 114 valence electrons.